The molecule has 4 heteroatoms. The molecule has 0 aliphatic rings. The first-order valence-electron chi connectivity index (χ1n) is 4.45. The molecule has 0 amide bonds. The number of nitrogens with two attached hydrogens (primary N) is 2. The highest BCUT2D eigenvalue weighted by molar-refractivity contribution is 6.14. The van der Waals surface area contributed by atoms with Gasteiger partial charge in [0, 0.05) is 22.5 Å². The van der Waals surface area contributed by atoms with Gasteiger partial charge >= 0.3 is 0 Å². The van der Waals surface area contributed by atoms with Crippen molar-refractivity contribution in [1.82, 2.24) is 0 Å². The number of hydrogen-bond donors (Lipinski definition) is 3. The third-order valence-corrected chi connectivity index (χ3v) is 2.16. The minimum absolute atomic E-state index is 0.313. The average molecular weight is 201 g/mol. The number of anilines is 2. The van der Waals surface area contributed by atoms with Gasteiger partial charge in [-0.15, -0.1) is 0 Å². The molecule has 0 aliphatic carbocycles. The molecule has 2 rings (SSSR count). The van der Waals surface area contributed by atoms with Gasteiger partial charge in [-0.05, 0) is 24.3 Å². The Hall–Kier alpha value is -2.23. The third kappa shape index (κ3) is 1.69. The van der Waals surface area contributed by atoms with Gasteiger partial charge in [0.05, 0.1) is 18.2 Å². The van der Waals surface area contributed by atoms with Gasteiger partial charge in [-0.3, -0.25) is 5.41 Å². The molecule has 0 saturated heterocycles. The van der Waals surface area contributed by atoms with Crippen LogP contribution in [-0.2, 0) is 0 Å². The lowest BCUT2D eigenvalue weighted by atomic mass is 10.0. The predicted molar refractivity (Wildman–Crippen MR) is 59.9 cm³/mol. The van der Waals surface area contributed by atoms with Gasteiger partial charge in [0.25, 0.3) is 0 Å². The minimum atomic E-state index is 0.313. The molecule has 4 nitrogen and oxygen atoms in total. The van der Waals surface area contributed by atoms with Gasteiger partial charge in [-0.2, -0.15) is 0 Å². The quantitative estimate of drug-likeness (QED) is 0.511. The van der Waals surface area contributed by atoms with Gasteiger partial charge < -0.3 is 15.9 Å². The summed E-state index contributed by atoms with van der Waals surface area (Å²) in [7, 11) is 0. The Labute approximate surface area is 87.0 Å². The third-order valence-electron chi connectivity index (χ3n) is 2.16. The number of nitrogens with one attached hydrogen (secondary N) is 1. The number of nitrogen functional groups attached to an aromatic ring is 2. The van der Waals surface area contributed by atoms with E-state index in [2.05, 4.69) is 0 Å². The zero-order valence-electron chi connectivity index (χ0n) is 8.03. The van der Waals surface area contributed by atoms with Gasteiger partial charge in [-0.1, -0.05) is 0 Å². The Morgan fingerprint density at radius 2 is 2.00 bits per heavy atom. The van der Waals surface area contributed by atoms with Crippen molar-refractivity contribution in [2.24, 2.45) is 0 Å². The molecule has 76 valence electrons. The smallest absolute Gasteiger partial charge is 0.0996 e. The van der Waals surface area contributed by atoms with Crippen molar-refractivity contribution in [3.63, 3.8) is 0 Å². The molecule has 0 atom stereocenters. The van der Waals surface area contributed by atoms with E-state index >= 15 is 0 Å². The predicted octanol–water partition coefficient (Wildman–Crippen LogP) is 1.86. The highest BCUT2D eigenvalue weighted by Gasteiger charge is 2.09. The topological polar surface area (TPSA) is 89.0 Å². The van der Waals surface area contributed by atoms with Crippen LogP contribution in [0, 0.1) is 5.41 Å². The summed E-state index contributed by atoms with van der Waals surface area (Å²) in [6, 6.07) is 6.80. The van der Waals surface area contributed by atoms with E-state index in [1.54, 1.807) is 24.3 Å². The first-order valence-corrected chi connectivity index (χ1v) is 4.45. The second-order valence-electron chi connectivity index (χ2n) is 3.23. The SMILES string of the molecule is N=C(c1ccoc1)c1cc(N)ccc1N. The van der Waals surface area contributed by atoms with Crippen LogP contribution < -0.4 is 11.5 Å². The molecule has 0 radical (unpaired) electrons. The average Bonchev–Trinajstić information content (AvgIpc) is 2.74. The van der Waals surface area contributed by atoms with Crippen LogP contribution in [0.5, 0.6) is 0 Å². The zero-order chi connectivity index (χ0) is 10.8. The Bertz CT molecular complexity index is 489. The fourth-order valence-electron chi connectivity index (χ4n) is 1.35. The van der Waals surface area contributed by atoms with Crippen LogP contribution in [0.2, 0.25) is 0 Å². The van der Waals surface area contributed by atoms with Gasteiger partial charge in [0.2, 0.25) is 0 Å². The summed E-state index contributed by atoms with van der Waals surface area (Å²) in [5, 5.41) is 7.93. The van der Waals surface area contributed by atoms with Gasteiger partial charge in [0.15, 0.2) is 0 Å². The largest absolute Gasteiger partial charge is 0.472 e. The second kappa shape index (κ2) is 3.49. The van der Waals surface area contributed by atoms with Crippen molar-refractivity contribution in [3.8, 4) is 0 Å². The highest BCUT2D eigenvalue weighted by atomic mass is 16.3. The molecule has 0 spiro atoms. The molecule has 0 unspecified atom stereocenters. The molecule has 15 heavy (non-hydrogen) atoms. The van der Waals surface area contributed by atoms with Crippen LogP contribution >= 0.6 is 0 Å². The Morgan fingerprint density at radius 3 is 2.67 bits per heavy atom. The number of rotatable bonds is 2. The summed E-state index contributed by atoms with van der Waals surface area (Å²) in [6.07, 6.45) is 3.03. The maximum Gasteiger partial charge on any atom is 0.0996 e. The Kier molecular flexibility index (Phi) is 2.17. The summed E-state index contributed by atoms with van der Waals surface area (Å²) in [5.41, 5.74) is 14.2. The summed E-state index contributed by atoms with van der Waals surface area (Å²) in [6.45, 7) is 0. The van der Waals surface area contributed by atoms with E-state index < -0.39 is 0 Å². The maximum absolute atomic E-state index is 7.93. The van der Waals surface area contributed by atoms with Crippen LogP contribution in [-0.4, -0.2) is 5.71 Å². The molecule has 1 aromatic heterocycles. The lowest BCUT2D eigenvalue weighted by Gasteiger charge is -2.06. The fraction of sp³-hybridized carbons (Fsp3) is 0. The van der Waals surface area contributed by atoms with E-state index in [0.717, 1.165) is 0 Å². The van der Waals surface area contributed by atoms with Crippen molar-refractivity contribution in [2.75, 3.05) is 11.5 Å². The number of hydrogen-bond acceptors (Lipinski definition) is 4. The molecule has 2 aromatic rings. The van der Waals surface area contributed by atoms with Crippen molar-refractivity contribution >= 4 is 17.1 Å². The molecule has 1 heterocycles. The Balaban J connectivity index is 2.46. The van der Waals surface area contributed by atoms with Crippen LogP contribution in [0.15, 0.2) is 41.2 Å². The number of benzene rings is 1. The van der Waals surface area contributed by atoms with Crippen LogP contribution in [0.4, 0.5) is 11.4 Å². The molecule has 1 aromatic carbocycles. The van der Waals surface area contributed by atoms with Crippen molar-refractivity contribution in [1.29, 1.82) is 5.41 Å². The molecule has 0 bridgehead atoms. The molecule has 0 saturated carbocycles. The normalized spacial score (nSPS) is 10.1. The lowest BCUT2D eigenvalue weighted by molar-refractivity contribution is 0.567. The van der Waals surface area contributed by atoms with E-state index in [0.29, 0.717) is 28.2 Å². The van der Waals surface area contributed by atoms with Crippen LogP contribution in [0.3, 0.4) is 0 Å². The molecular weight excluding hydrogens is 190 g/mol. The first-order chi connectivity index (χ1) is 7.18. The Morgan fingerprint density at radius 1 is 1.20 bits per heavy atom. The summed E-state index contributed by atoms with van der Waals surface area (Å²) in [5.74, 6) is 0. The molecule has 5 N–H and O–H groups in total. The van der Waals surface area contributed by atoms with E-state index in [-0.39, 0.29) is 0 Å². The van der Waals surface area contributed by atoms with Gasteiger partial charge in [-0.25, -0.2) is 0 Å². The van der Waals surface area contributed by atoms with E-state index in [4.69, 9.17) is 21.3 Å². The summed E-state index contributed by atoms with van der Waals surface area (Å²) in [4.78, 5) is 0. The monoisotopic (exact) mass is 201 g/mol. The second-order valence-corrected chi connectivity index (χ2v) is 3.23. The summed E-state index contributed by atoms with van der Waals surface area (Å²) < 4.78 is 4.91. The highest BCUT2D eigenvalue weighted by Crippen LogP contribution is 2.19. The zero-order valence-corrected chi connectivity index (χ0v) is 8.03. The standard InChI is InChI=1S/C11H11N3O/c12-8-1-2-10(13)9(5-8)11(14)7-3-4-15-6-7/h1-6,14H,12-13H2. The van der Waals surface area contributed by atoms with E-state index in [9.17, 15) is 0 Å². The fourth-order valence-corrected chi connectivity index (χ4v) is 1.35. The molecule has 0 fully saturated rings. The maximum atomic E-state index is 7.93. The van der Waals surface area contributed by atoms with E-state index in [1.807, 2.05) is 0 Å². The lowest BCUT2D eigenvalue weighted by Crippen LogP contribution is -2.05. The first kappa shape index (κ1) is 9.33. The van der Waals surface area contributed by atoms with Crippen molar-refractivity contribution in [3.05, 3.63) is 47.9 Å². The number of furan rings is 1. The van der Waals surface area contributed by atoms with E-state index in [1.165, 1.54) is 12.5 Å². The van der Waals surface area contributed by atoms with Crippen LogP contribution in [0.25, 0.3) is 0 Å². The van der Waals surface area contributed by atoms with Crippen LogP contribution in [0.1, 0.15) is 11.1 Å². The minimum Gasteiger partial charge on any atom is -0.472 e. The molecular formula is C11H11N3O. The molecule has 0 aliphatic heterocycles. The van der Waals surface area contributed by atoms with Gasteiger partial charge in [0.1, 0.15) is 0 Å². The van der Waals surface area contributed by atoms with Crippen molar-refractivity contribution in [2.45, 2.75) is 0 Å². The van der Waals surface area contributed by atoms with Crippen molar-refractivity contribution < 1.29 is 4.42 Å². The summed E-state index contributed by atoms with van der Waals surface area (Å²) >= 11 is 0.